The van der Waals surface area contributed by atoms with E-state index in [9.17, 15) is 4.79 Å². The number of hydrogen-bond donors (Lipinski definition) is 1. The molecule has 2 rings (SSSR count). The van der Waals surface area contributed by atoms with Gasteiger partial charge in [0.15, 0.2) is 0 Å². The third kappa shape index (κ3) is 2.81. The van der Waals surface area contributed by atoms with Crippen LogP contribution in [0.15, 0.2) is 18.3 Å². The molecule has 1 aromatic carbocycles. The Labute approximate surface area is 127 Å². The van der Waals surface area contributed by atoms with E-state index in [2.05, 4.69) is 10.3 Å². The zero-order valence-electron chi connectivity index (χ0n) is 11.2. The van der Waals surface area contributed by atoms with Crippen molar-refractivity contribution < 1.29 is 9.53 Å². The fourth-order valence-electron chi connectivity index (χ4n) is 1.96. The molecule has 0 unspecified atom stereocenters. The smallest absolute Gasteiger partial charge is 0.341 e. The van der Waals surface area contributed by atoms with Gasteiger partial charge in [-0.05, 0) is 26.0 Å². The number of hydrogen-bond acceptors (Lipinski definition) is 4. The first kappa shape index (κ1) is 14.9. The molecule has 0 saturated heterocycles. The molecule has 0 atom stereocenters. The van der Waals surface area contributed by atoms with Crippen molar-refractivity contribution in [1.82, 2.24) is 4.98 Å². The van der Waals surface area contributed by atoms with E-state index in [0.29, 0.717) is 45.4 Å². The molecular weight excluding hydrogens is 299 g/mol. The van der Waals surface area contributed by atoms with Gasteiger partial charge in [0.2, 0.25) is 0 Å². The van der Waals surface area contributed by atoms with E-state index in [-0.39, 0.29) is 0 Å². The first-order valence-corrected chi connectivity index (χ1v) is 7.02. The Morgan fingerprint density at radius 2 is 2.10 bits per heavy atom. The third-order valence-corrected chi connectivity index (χ3v) is 3.24. The second kappa shape index (κ2) is 6.29. The number of benzene rings is 1. The van der Waals surface area contributed by atoms with Crippen LogP contribution in [0.3, 0.4) is 0 Å². The van der Waals surface area contributed by atoms with Gasteiger partial charge in [-0.3, -0.25) is 4.98 Å². The lowest BCUT2D eigenvalue weighted by atomic mass is 10.1. The molecule has 0 aliphatic rings. The molecule has 6 heteroatoms. The van der Waals surface area contributed by atoms with Crippen LogP contribution in [0.1, 0.15) is 24.2 Å². The Morgan fingerprint density at radius 1 is 1.35 bits per heavy atom. The minimum Gasteiger partial charge on any atom is -0.462 e. The average molecular weight is 313 g/mol. The van der Waals surface area contributed by atoms with Crippen molar-refractivity contribution in [3.8, 4) is 0 Å². The van der Waals surface area contributed by atoms with Crippen molar-refractivity contribution in [3.63, 3.8) is 0 Å². The van der Waals surface area contributed by atoms with Gasteiger partial charge in [-0.25, -0.2) is 4.79 Å². The summed E-state index contributed by atoms with van der Waals surface area (Å²) in [5, 5.41) is 4.79. The predicted molar refractivity (Wildman–Crippen MR) is 81.9 cm³/mol. The Bertz CT molecular complexity index is 659. The number of esters is 1. The van der Waals surface area contributed by atoms with Crippen molar-refractivity contribution in [2.24, 2.45) is 0 Å². The Morgan fingerprint density at radius 3 is 2.75 bits per heavy atom. The van der Waals surface area contributed by atoms with Gasteiger partial charge in [-0.15, -0.1) is 0 Å². The number of rotatable bonds is 4. The highest BCUT2D eigenvalue weighted by molar-refractivity contribution is 6.38. The lowest BCUT2D eigenvalue weighted by Gasteiger charge is -2.13. The summed E-state index contributed by atoms with van der Waals surface area (Å²) >= 11 is 12.2. The monoisotopic (exact) mass is 312 g/mol. The fraction of sp³-hybridized carbons (Fsp3) is 0.286. The normalized spacial score (nSPS) is 10.6. The Hall–Kier alpha value is -1.52. The Kier molecular flexibility index (Phi) is 4.68. The van der Waals surface area contributed by atoms with Crippen LogP contribution < -0.4 is 5.32 Å². The van der Waals surface area contributed by atoms with E-state index in [1.165, 1.54) is 6.20 Å². The van der Waals surface area contributed by atoms with Crippen LogP contribution in [-0.4, -0.2) is 24.1 Å². The summed E-state index contributed by atoms with van der Waals surface area (Å²) in [5.74, 6) is -0.422. The molecule has 4 nitrogen and oxygen atoms in total. The van der Waals surface area contributed by atoms with Gasteiger partial charge in [0.1, 0.15) is 5.56 Å². The van der Waals surface area contributed by atoms with Crippen LogP contribution in [-0.2, 0) is 4.74 Å². The van der Waals surface area contributed by atoms with E-state index in [1.807, 2.05) is 6.92 Å². The van der Waals surface area contributed by atoms with Crippen LogP contribution in [0.5, 0.6) is 0 Å². The summed E-state index contributed by atoms with van der Waals surface area (Å²) in [6, 6.07) is 3.36. The van der Waals surface area contributed by atoms with E-state index in [1.54, 1.807) is 19.1 Å². The molecule has 0 spiro atoms. The molecule has 0 amide bonds. The molecule has 0 aliphatic heterocycles. The third-order valence-electron chi connectivity index (χ3n) is 2.74. The average Bonchev–Trinajstić information content (AvgIpc) is 2.39. The van der Waals surface area contributed by atoms with E-state index < -0.39 is 5.97 Å². The maximum Gasteiger partial charge on any atom is 0.341 e. The number of nitrogens with one attached hydrogen (secondary N) is 1. The number of carbonyl (C=O) groups is 1. The number of anilines is 1. The first-order valence-electron chi connectivity index (χ1n) is 6.27. The van der Waals surface area contributed by atoms with Gasteiger partial charge < -0.3 is 10.1 Å². The molecule has 0 radical (unpaired) electrons. The number of pyridine rings is 1. The standard InChI is InChI=1S/C14H14Cl2N2O2/c1-3-17-12-9-5-8(15)6-11(16)13(9)18-7-10(12)14(19)20-4-2/h5-7H,3-4H2,1-2H3,(H,17,18). The predicted octanol–water partition coefficient (Wildman–Crippen LogP) is 4.15. The Balaban J connectivity index is 2.71. The minimum atomic E-state index is -0.422. The summed E-state index contributed by atoms with van der Waals surface area (Å²) < 4.78 is 5.04. The highest BCUT2D eigenvalue weighted by Gasteiger charge is 2.17. The number of fused-ring (bicyclic) bond motifs is 1. The van der Waals surface area contributed by atoms with Crippen LogP contribution in [0.25, 0.3) is 10.9 Å². The van der Waals surface area contributed by atoms with Crippen LogP contribution in [0.4, 0.5) is 5.69 Å². The molecule has 0 fully saturated rings. The topological polar surface area (TPSA) is 51.2 Å². The molecule has 106 valence electrons. The van der Waals surface area contributed by atoms with Crippen molar-refractivity contribution in [2.45, 2.75) is 13.8 Å². The maximum atomic E-state index is 12.0. The lowest BCUT2D eigenvalue weighted by Crippen LogP contribution is -2.11. The van der Waals surface area contributed by atoms with Crippen LogP contribution in [0.2, 0.25) is 10.0 Å². The van der Waals surface area contributed by atoms with Crippen molar-refractivity contribution in [1.29, 1.82) is 0 Å². The highest BCUT2D eigenvalue weighted by Crippen LogP contribution is 2.33. The summed E-state index contributed by atoms with van der Waals surface area (Å²) in [5.41, 5.74) is 1.61. The van der Waals surface area contributed by atoms with E-state index in [4.69, 9.17) is 27.9 Å². The summed E-state index contributed by atoms with van der Waals surface area (Å²) in [6.45, 7) is 4.65. The van der Waals surface area contributed by atoms with Gasteiger partial charge in [0.05, 0.1) is 22.8 Å². The molecular formula is C14H14Cl2N2O2. The first-order chi connectivity index (χ1) is 9.58. The van der Waals surface area contributed by atoms with Gasteiger partial charge in [-0.1, -0.05) is 23.2 Å². The molecule has 0 aliphatic carbocycles. The zero-order chi connectivity index (χ0) is 14.7. The summed E-state index contributed by atoms with van der Waals surface area (Å²) in [6.07, 6.45) is 1.47. The van der Waals surface area contributed by atoms with Crippen molar-refractivity contribution in [3.05, 3.63) is 33.9 Å². The van der Waals surface area contributed by atoms with Crippen molar-refractivity contribution in [2.75, 3.05) is 18.5 Å². The highest BCUT2D eigenvalue weighted by atomic mass is 35.5. The SMILES string of the molecule is CCNc1c(C(=O)OCC)cnc2c(Cl)cc(Cl)cc12. The molecule has 1 N–H and O–H groups in total. The quantitative estimate of drug-likeness (QED) is 0.862. The van der Waals surface area contributed by atoms with Crippen LogP contribution >= 0.6 is 23.2 Å². The minimum absolute atomic E-state index is 0.304. The summed E-state index contributed by atoms with van der Waals surface area (Å²) in [7, 11) is 0. The molecule has 20 heavy (non-hydrogen) atoms. The summed E-state index contributed by atoms with van der Waals surface area (Å²) in [4.78, 5) is 16.2. The van der Waals surface area contributed by atoms with Crippen LogP contribution in [0, 0.1) is 0 Å². The maximum absolute atomic E-state index is 12.0. The van der Waals surface area contributed by atoms with Gasteiger partial charge >= 0.3 is 5.97 Å². The number of halogens is 2. The lowest BCUT2D eigenvalue weighted by molar-refractivity contribution is 0.0527. The van der Waals surface area contributed by atoms with Gasteiger partial charge in [-0.2, -0.15) is 0 Å². The number of aromatic nitrogens is 1. The van der Waals surface area contributed by atoms with E-state index >= 15 is 0 Å². The number of nitrogens with zero attached hydrogens (tertiary/aromatic N) is 1. The largest absolute Gasteiger partial charge is 0.462 e. The molecule has 0 saturated carbocycles. The van der Waals surface area contributed by atoms with E-state index in [0.717, 1.165) is 0 Å². The fourth-order valence-corrected chi connectivity index (χ4v) is 2.50. The van der Waals surface area contributed by atoms with Crippen molar-refractivity contribution >= 4 is 45.8 Å². The molecule has 0 bridgehead atoms. The zero-order valence-corrected chi connectivity index (χ0v) is 12.7. The second-order valence-electron chi connectivity index (χ2n) is 4.08. The number of ether oxygens (including phenoxy) is 1. The van der Waals surface area contributed by atoms with Gasteiger partial charge in [0, 0.05) is 23.2 Å². The number of carbonyl (C=O) groups excluding carboxylic acids is 1. The second-order valence-corrected chi connectivity index (χ2v) is 4.93. The molecule has 2 aromatic rings. The molecule has 1 aromatic heterocycles. The molecule has 1 heterocycles. The van der Waals surface area contributed by atoms with Gasteiger partial charge in [0.25, 0.3) is 0 Å².